The minimum atomic E-state index is -1.17. The summed E-state index contributed by atoms with van der Waals surface area (Å²) in [7, 11) is 0. The number of rotatable bonds is 2. The molecule has 1 aliphatic heterocycles. The van der Waals surface area contributed by atoms with Crippen molar-refractivity contribution < 1.29 is 19.8 Å². The fourth-order valence-corrected chi connectivity index (χ4v) is 3.42. The minimum Gasteiger partial charge on any atom is -0.480 e. The van der Waals surface area contributed by atoms with Gasteiger partial charge in [-0.15, -0.1) is 0 Å². The molecule has 21 heavy (non-hydrogen) atoms. The van der Waals surface area contributed by atoms with Crippen molar-refractivity contribution in [1.29, 1.82) is 0 Å². The van der Waals surface area contributed by atoms with Gasteiger partial charge in [0.1, 0.15) is 6.04 Å². The lowest BCUT2D eigenvalue weighted by Crippen LogP contribution is -2.43. The van der Waals surface area contributed by atoms with E-state index in [0.29, 0.717) is 4.47 Å². The number of urea groups is 1. The lowest BCUT2D eigenvalue weighted by Gasteiger charge is -2.22. The van der Waals surface area contributed by atoms with Gasteiger partial charge in [0.05, 0.1) is 21.8 Å². The van der Waals surface area contributed by atoms with Gasteiger partial charge in [-0.3, -0.25) is 0 Å². The summed E-state index contributed by atoms with van der Waals surface area (Å²) in [5.74, 6) is -1.17. The van der Waals surface area contributed by atoms with Crippen LogP contribution in [-0.2, 0) is 4.79 Å². The number of amides is 2. The fourth-order valence-electron chi connectivity index (χ4n) is 2.11. The highest BCUT2D eigenvalue weighted by atomic mass is 79.9. The molecule has 2 rings (SSSR count). The van der Waals surface area contributed by atoms with Crippen LogP contribution in [-0.4, -0.2) is 45.8 Å². The molecule has 1 heterocycles. The molecular weight excluding hydrogens is 387 g/mol. The van der Waals surface area contributed by atoms with Crippen molar-refractivity contribution in [3.8, 4) is 0 Å². The number of likely N-dealkylation sites (tertiary alicyclic amines) is 1. The van der Waals surface area contributed by atoms with Gasteiger partial charge < -0.3 is 20.4 Å². The van der Waals surface area contributed by atoms with E-state index in [1.165, 1.54) is 0 Å². The van der Waals surface area contributed by atoms with E-state index < -0.39 is 24.1 Å². The Balaban J connectivity index is 2.20. The van der Waals surface area contributed by atoms with Crippen LogP contribution in [0.15, 0.2) is 16.6 Å². The number of carbonyl (C=O) groups excluding carboxylic acids is 1. The number of carbonyl (C=O) groups is 2. The van der Waals surface area contributed by atoms with Gasteiger partial charge in [0.15, 0.2) is 0 Å². The second-order valence-electron chi connectivity index (χ2n) is 4.57. The van der Waals surface area contributed by atoms with Crippen molar-refractivity contribution in [3.05, 3.63) is 26.7 Å². The number of hydrogen-bond donors (Lipinski definition) is 3. The largest absolute Gasteiger partial charge is 0.480 e. The first-order valence-corrected chi connectivity index (χ1v) is 7.47. The van der Waals surface area contributed by atoms with Gasteiger partial charge in [-0.05, 0) is 12.1 Å². The topological polar surface area (TPSA) is 89.9 Å². The summed E-state index contributed by atoms with van der Waals surface area (Å²) < 4.78 is 0.649. The average Bonchev–Trinajstić information content (AvgIpc) is 2.76. The second kappa shape index (κ2) is 6.39. The molecule has 0 saturated carbocycles. The zero-order chi connectivity index (χ0) is 15.7. The normalized spacial score (nSPS) is 21.4. The SMILES string of the molecule is O=C(O)C1CC(O)CN1C(=O)Nc1c(Cl)cc(Br)cc1Cl. The maximum atomic E-state index is 12.2. The molecule has 0 aliphatic carbocycles. The molecule has 2 amide bonds. The van der Waals surface area contributed by atoms with Crippen molar-refractivity contribution in [2.75, 3.05) is 11.9 Å². The van der Waals surface area contributed by atoms with Crippen molar-refractivity contribution in [1.82, 2.24) is 4.90 Å². The number of hydrogen-bond acceptors (Lipinski definition) is 3. The maximum absolute atomic E-state index is 12.2. The summed E-state index contributed by atoms with van der Waals surface area (Å²) in [6.45, 7) is -0.0609. The van der Waals surface area contributed by atoms with Crippen molar-refractivity contribution in [2.45, 2.75) is 18.6 Å². The lowest BCUT2D eigenvalue weighted by atomic mass is 10.2. The number of halogens is 3. The molecule has 1 fully saturated rings. The van der Waals surface area contributed by atoms with Gasteiger partial charge in [-0.1, -0.05) is 39.1 Å². The van der Waals surface area contributed by atoms with E-state index in [1.54, 1.807) is 12.1 Å². The summed E-state index contributed by atoms with van der Waals surface area (Å²) in [5.41, 5.74) is 0.192. The van der Waals surface area contributed by atoms with E-state index in [0.717, 1.165) is 4.90 Å². The van der Waals surface area contributed by atoms with Gasteiger partial charge in [0.2, 0.25) is 0 Å². The molecule has 1 aromatic rings. The van der Waals surface area contributed by atoms with Crippen LogP contribution >= 0.6 is 39.1 Å². The first-order valence-electron chi connectivity index (χ1n) is 5.92. The Morgan fingerprint density at radius 2 is 1.90 bits per heavy atom. The molecule has 1 aliphatic rings. The summed E-state index contributed by atoms with van der Waals surface area (Å²) >= 11 is 15.2. The number of carboxylic acid groups (broad SMARTS) is 1. The van der Waals surface area contributed by atoms with E-state index in [2.05, 4.69) is 21.2 Å². The van der Waals surface area contributed by atoms with Gasteiger partial charge in [-0.2, -0.15) is 0 Å². The van der Waals surface area contributed by atoms with Gasteiger partial charge in [0, 0.05) is 17.4 Å². The zero-order valence-electron chi connectivity index (χ0n) is 10.5. The maximum Gasteiger partial charge on any atom is 0.326 e. The Morgan fingerprint density at radius 3 is 2.43 bits per heavy atom. The predicted octanol–water partition coefficient (Wildman–Crippen LogP) is 2.81. The monoisotopic (exact) mass is 396 g/mol. The van der Waals surface area contributed by atoms with Gasteiger partial charge in [-0.25, -0.2) is 9.59 Å². The van der Waals surface area contributed by atoms with E-state index in [1.807, 2.05) is 0 Å². The number of carboxylic acids is 1. The summed E-state index contributed by atoms with van der Waals surface area (Å²) in [4.78, 5) is 24.3. The quantitative estimate of drug-likeness (QED) is 0.715. The number of nitrogens with one attached hydrogen (secondary N) is 1. The summed E-state index contributed by atoms with van der Waals surface area (Å²) in [5, 5.41) is 21.5. The van der Waals surface area contributed by atoms with Crippen molar-refractivity contribution >= 4 is 56.8 Å². The molecule has 3 N–H and O–H groups in total. The van der Waals surface area contributed by atoms with E-state index in [-0.39, 0.29) is 28.7 Å². The third-order valence-corrected chi connectivity index (χ3v) is 4.12. The molecule has 2 atom stereocenters. The summed E-state index contributed by atoms with van der Waals surface area (Å²) in [6.07, 6.45) is -0.877. The number of β-amino-alcohol motifs (C(OH)–C–C–N with tert-alkyl or cyclic N) is 1. The Hall–Kier alpha value is -1.02. The molecule has 0 radical (unpaired) electrons. The number of aliphatic carboxylic acids is 1. The molecule has 0 spiro atoms. The minimum absolute atomic E-state index is 0.00937. The van der Waals surface area contributed by atoms with Crippen LogP contribution in [0.2, 0.25) is 10.0 Å². The summed E-state index contributed by atoms with van der Waals surface area (Å²) in [6, 6.07) is 1.35. The van der Waals surface area contributed by atoms with Crippen LogP contribution in [0.25, 0.3) is 0 Å². The molecule has 2 unspecified atom stereocenters. The Labute approximate surface area is 138 Å². The molecule has 6 nitrogen and oxygen atoms in total. The highest BCUT2D eigenvalue weighted by molar-refractivity contribution is 9.10. The van der Waals surface area contributed by atoms with E-state index in [9.17, 15) is 14.7 Å². The third-order valence-electron chi connectivity index (χ3n) is 3.06. The second-order valence-corrected chi connectivity index (χ2v) is 6.30. The first-order chi connectivity index (χ1) is 9.79. The number of aliphatic hydroxyl groups excluding tert-OH is 1. The van der Waals surface area contributed by atoms with E-state index in [4.69, 9.17) is 28.3 Å². The average molecular weight is 398 g/mol. The number of benzene rings is 1. The van der Waals surface area contributed by atoms with Crippen LogP contribution in [0.3, 0.4) is 0 Å². The van der Waals surface area contributed by atoms with Crippen LogP contribution in [0.4, 0.5) is 10.5 Å². The molecular formula is C12H11BrCl2N2O4. The van der Waals surface area contributed by atoms with Crippen LogP contribution < -0.4 is 5.32 Å². The standard InChI is InChI=1S/C12H11BrCl2N2O4/c13-5-1-7(14)10(8(15)2-5)16-12(21)17-4-6(18)3-9(17)11(19)20/h1-2,6,9,18H,3-4H2,(H,16,21)(H,19,20). The third kappa shape index (κ3) is 3.60. The fraction of sp³-hybridized carbons (Fsp3) is 0.333. The molecule has 0 bridgehead atoms. The van der Waals surface area contributed by atoms with Gasteiger partial charge >= 0.3 is 12.0 Å². The first kappa shape index (κ1) is 16.4. The number of nitrogens with zero attached hydrogens (tertiary/aromatic N) is 1. The molecule has 1 saturated heterocycles. The van der Waals surface area contributed by atoms with Crippen LogP contribution in [0.5, 0.6) is 0 Å². The smallest absolute Gasteiger partial charge is 0.326 e. The highest BCUT2D eigenvalue weighted by Gasteiger charge is 2.39. The van der Waals surface area contributed by atoms with Crippen LogP contribution in [0, 0.1) is 0 Å². The Morgan fingerprint density at radius 1 is 1.33 bits per heavy atom. The predicted molar refractivity (Wildman–Crippen MR) is 81.9 cm³/mol. The zero-order valence-corrected chi connectivity index (χ0v) is 13.6. The van der Waals surface area contributed by atoms with Crippen LogP contribution in [0.1, 0.15) is 6.42 Å². The Bertz CT molecular complexity index is 576. The van der Waals surface area contributed by atoms with E-state index >= 15 is 0 Å². The van der Waals surface area contributed by atoms with Gasteiger partial charge in [0.25, 0.3) is 0 Å². The Kier molecular flexibility index (Phi) is 4.98. The highest BCUT2D eigenvalue weighted by Crippen LogP contribution is 2.34. The lowest BCUT2D eigenvalue weighted by molar-refractivity contribution is -0.141. The number of aliphatic hydroxyl groups is 1. The molecule has 0 aromatic heterocycles. The molecule has 9 heteroatoms. The van der Waals surface area contributed by atoms with Crippen molar-refractivity contribution in [3.63, 3.8) is 0 Å². The van der Waals surface area contributed by atoms with Crippen molar-refractivity contribution in [2.24, 2.45) is 0 Å². The molecule has 114 valence electrons. The number of anilines is 1. The molecule has 1 aromatic carbocycles.